The smallest absolute Gasteiger partial charge is 0.0987 e. The van der Waals surface area contributed by atoms with Crippen molar-refractivity contribution in [3.63, 3.8) is 0 Å². The summed E-state index contributed by atoms with van der Waals surface area (Å²) in [5.41, 5.74) is 7.53. The van der Waals surface area contributed by atoms with E-state index >= 15 is 0 Å². The Morgan fingerprint density at radius 1 is 1.32 bits per heavy atom. The molecule has 0 aromatic carbocycles. The van der Waals surface area contributed by atoms with Gasteiger partial charge in [-0.15, -0.1) is 0 Å². The summed E-state index contributed by atoms with van der Waals surface area (Å²) in [7, 11) is 0. The van der Waals surface area contributed by atoms with Gasteiger partial charge in [0.15, 0.2) is 0 Å². The van der Waals surface area contributed by atoms with Gasteiger partial charge in [0.05, 0.1) is 12.2 Å². The molecule has 1 saturated carbocycles. The molecular weight excluding hydrogens is 254 g/mol. The van der Waals surface area contributed by atoms with Crippen molar-refractivity contribution >= 4 is 11.3 Å². The zero-order chi connectivity index (χ0) is 13.8. The van der Waals surface area contributed by atoms with E-state index in [1.807, 2.05) is 0 Å². The van der Waals surface area contributed by atoms with Crippen LogP contribution < -0.4 is 5.73 Å². The highest BCUT2D eigenvalue weighted by molar-refractivity contribution is 7.07. The van der Waals surface area contributed by atoms with E-state index in [1.54, 1.807) is 11.3 Å². The molecule has 1 aromatic heterocycles. The molecule has 0 radical (unpaired) electrons. The zero-order valence-electron chi connectivity index (χ0n) is 12.3. The van der Waals surface area contributed by atoms with Gasteiger partial charge in [-0.05, 0) is 59.9 Å². The fourth-order valence-electron chi connectivity index (χ4n) is 3.27. The second-order valence-corrected chi connectivity index (χ2v) is 7.00. The average molecular weight is 281 g/mol. The molecule has 1 heterocycles. The van der Waals surface area contributed by atoms with Gasteiger partial charge in [0, 0.05) is 6.04 Å². The van der Waals surface area contributed by atoms with Crippen LogP contribution in [0.2, 0.25) is 0 Å². The molecule has 4 atom stereocenters. The summed E-state index contributed by atoms with van der Waals surface area (Å²) in [5, 5.41) is 4.29. The lowest BCUT2D eigenvalue weighted by Crippen LogP contribution is -2.35. The van der Waals surface area contributed by atoms with Crippen LogP contribution in [-0.2, 0) is 4.74 Å². The van der Waals surface area contributed by atoms with E-state index in [-0.39, 0.29) is 12.1 Å². The van der Waals surface area contributed by atoms with E-state index in [0.717, 1.165) is 18.3 Å². The van der Waals surface area contributed by atoms with Crippen molar-refractivity contribution in [2.45, 2.75) is 64.7 Å². The molecule has 3 heteroatoms. The third-order valence-corrected chi connectivity index (χ3v) is 4.91. The van der Waals surface area contributed by atoms with Gasteiger partial charge in [-0.2, -0.15) is 11.3 Å². The lowest BCUT2D eigenvalue weighted by Gasteiger charge is -2.35. The van der Waals surface area contributed by atoms with Crippen molar-refractivity contribution in [2.75, 3.05) is 0 Å². The summed E-state index contributed by atoms with van der Waals surface area (Å²) in [6.45, 7) is 6.82. The molecule has 0 saturated heterocycles. The largest absolute Gasteiger partial charge is 0.369 e. The highest BCUT2D eigenvalue weighted by Gasteiger charge is 2.29. The van der Waals surface area contributed by atoms with Crippen molar-refractivity contribution in [1.82, 2.24) is 0 Å². The number of rotatable bonds is 5. The fraction of sp³-hybridized carbons (Fsp3) is 0.750. The Labute approximate surface area is 121 Å². The van der Waals surface area contributed by atoms with E-state index in [1.165, 1.54) is 24.8 Å². The Balaban J connectivity index is 2.03. The highest BCUT2D eigenvalue weighted by atomic mass is 32.1. The summed E-state index contributed by atoms with van der Waals surface area (Å²) in [6.07, 6.45) is 5.10. The first-order chi connectivity index (χ1) is 9.10. The van der Waals surface area contributed by atoms with Gasteiger partial charge in [-0.3, -0.25) is 0 Å². The monoisotopic (exact) mass is 281 g/mol. The molecule has 2 nitrogen and oxygen atoms in total. The van der Waals surface area contributed by atoms with E-state index < -0.39 is 0 Å². The van der Waals surface area contributed by atoms with Gasteiger partial charge in [-0.25, -0.2) is 0 Å². The summed E-state index contributed by atoms with van der Waals surface area (Å²) in [6, 6.07) is 2.25. The minimum atomic E-state index is 0.0683. The van der Waals surface area contributed by atoms with Crippen LogP contribution in [0.4, 0.5) is 0 Å². The second-order valence-electron chi connectivity index (χ2n) is 6.22. The Morgan fingerprint density at radius 2 is 2.00 bits per heavy atom. The first-order valence-corrected chi connectivity index (χ1v) is 8.47. The first-order valence-electron chi connectivity index (χ1n) is 7.53. The van der Waals surface area contributed by atoms with Gasteiger partial charge in [0.25, 0.3) is 0 Å². The Morgan fingerprint density at radius 3 is 2.53 bits per heavy atom. The first kappa shape index (κ1) is 15.0. The quantitative estimate of drug-likeness (QED) is 0.870. The van der Waals surface area contributed by atoms with Crippen LogP contribution in [-0.4, -0.2) is 12.1 Å². The molecule has 0 bridgehead atoms. The summed E-state index contributed by atoms with van der Waals surface area (Å²) in [5.74, 6) is 1.55. The summed E-state index contributed by atoms with van der Waals surface area (Å²) >= 11 is 1.72. The van der Waals surface area contributed by atoms with Crippen molar-refractivity contribution in [3.05, 3.63) is 22.4 Å². The number of hydrogen-bond donors (Lipinski definition) is 1. The fourth-order valence-corrected chi connectivity index (χ4v) is 3.95. The molecule has 1 aromatic rings. The lowest BCUT2D eigenvalue weighted by atomic mass is 9.81. The predicted molar refractivity (Wildman–Crippen MR) is 82.4 cm³/mol. The number of hydrogen-bond acceptors (Lipinski definition) is 3. The molecule has 1 aliphatic rings. The van der Waals surface area contributed by atoms with Crippen LogP contribution in [0.5, 0.6) is 0 Å². The molecule has 1 fully saturated rings. The lowest BCUT2D eigenvalue weighted by molar-refractivity contribution is -0.0609. The van der Waals surface area contributed by atoms with Crippen LogP contribution in [0.3, 0.4) is 0 Å². The third kappa shape index (κ3) is 4.04. The number of nitrogens with two attached hydrogens (primary N) is 1. The van der Waals surface area contributed by atoms with E-state index in [2.05, 4.69) is 37.6 Å². The van der Waals surface area contributed by atoms with Crippen molar-refractivity contribution in [2.24, 2.45) is 17.6 Å². The zero-order valence-corrected chi connectivity index (χ0v) is 13.2. The van der Waals surface area contributed by atoms with Gasteiger partial charge >= 0.3 is 0 Å². The average Bonchev–Trinajstić information content (AvgIpc) is 2.87. The maximum absolute atomic E-state index is 6.41. The normalized spacial score (nSPS) is 31.1. The molecule has 2 N–H and O–H groups in total. The van der Waals surface area contributed by atoms with E-state index in [9.17, 15) is 0 Å². The molecule has 2 rings (SSSR count). The van der Waals surface area contributed by atoms with Crippen molar-refractivity contribution in [3.8, 4) is 0 Å². The highest BCUT2D eigenvalue weighted by Crippen LogP contribution is 2.34. The SMILES string of the molecule is CCC(N)C(OC1CC(C)CC(C)C1)c1ccsc1. The Hall–Kier alpha value is -0.380. The van der Waals surface area contributed by atoms with Crippen LogP contribution in [0, 0.1) is 11.8 Å². The second kappa shape index (κ2) is 6.87. The van der Waals surface area contributed by atoms with Crippen LogP contribution >= 0.6 is 11.3 Å². The molecular formula is C16H27NOS. The van der Waals surface area contributed by atoms with E-state index in [0.29, 0.717) is 6.10 Å². The topological polar surface area (TPSA) is 35.2 Å². The standard InChI is InChI=1S/C16H27NOS/c1-4-15(17)16(13-5-6-19-10-13)18-14-8-11(2)7-12(3)9-14/h5-6,10-12,14-16H,4,7-9,17H2,1-3H3. The van der Waals surface area contributed by atoms with Gasteiger partial charge in [0.2, 0.25) is 0 Å². The molecule has 19 heavy (non-hydrogen) atoms. The molecule has 4 unspecified atom stereocenters. The maximum Gasteiger partial charge on any atom is 0.0987 e. The molecule has 1 aliphatic carbocycles. The maximum atomic E-state index is 6.41. The predicted octanol–water partition coefficient (Wildman–Crippen LogP) is 4.37. The molecule has 0 spiro atoms. The van der Waals surface area contributed by atoms with Crippen LogP contribution in [0.15, 0.2) is 16.8 Å². The van der Waals surface area contributed by atoms with Crippen LogP contribution in [0.1, 0.15) is 58.1 Å². The van der Waals surface area contributed by atoms with Gasteiger partial charge in [0.1, 0.15) is 0 Å². The minimum absolute atomic E-state index is 0.0683. The van der Waals surface area contributed by atoms with Gasteiger partial charge in [-0.1, -0.05) is 20.8 Å². The number of ether oxygens (including phenoxy) is 1. The minimum Gasteiger partial charge on any atom is -0.369 e. The molecule has 108 valence electrons. The summed E-state index contributed by atoms with van der Waals surface area (Å²) in [4.78, 5) is 0. The van der Waals surface area contributed by atoms with Crippen molar-refractivity contribution in [1.29, 1.82) is 0 Å². The summed E-state index contributed by atoms with van der Waals surface area (Å²) < 4.78 is 6.41. The van der Waals surface area contributed by atoms with Crippen molar-refractivity contribution < 1.29 is 4.74 Å². The van der Waals surface area contributed by atoms with Gasteiger partial charge < -0.3 is 10.5 Å². The van der Waals surface area contributed by atoms with E-state index in [4.69, 9.17) is 10.5 Å². The molecule has 0 amide bonds. The molecule has 0 aliphatic heterocycles. The Bertz CT molecular complexity index is 355. The third-order valence-electron chi connectivity index (χ3n) is 4.21. The van der Waals surface area contributed by atoms with Crippen LogP contribution in [0.25, 0.3) is 0 Å². The Kier molecular flexibility index (Phi) is 5.43. The number of thiophene rings is 1.